The molecule has 2 aromatic carbocycles. The smallest absolute Gasteiger partial charge is 0.271 e. The van der Waals surface area contributed by atoms with Gasteiger partial charge in [-0.2, -0.15) is 5.10 Å². The molecule has 6 nitrogen and oxygen atoms in total. The number of carbonyl (C=O) groups is 2. The fraction of sp³-hybridized carbons (Fsp3) is 0.286. The zero-order valence-electron chi connectivity index (χ0n) is 15.3. The Bertz CT molecular complexity index is 890. The van der Waals surface area contributed by atoms with Crippen LogP contribution in [0.2, 0.25) is 0 Å². The van der Waals surface area contributed by atoms with E-state index in [1.807, 2.05) is 12.1 Å². The third-order valence-electron chi connectivity index (χ3n) is 4.54. The lowest BCUT2D eigenvalue weighted by Crippen LogP contribution is -2.22. The minimum Gasteiger partial charge on any atom is -0.508 e. The Labute approximate surface area is 158 Å². The first kappa shape index (κ1) is 18.6. The quantitative estimate of drug-likeness (QED) is 0.560. The average Bonchev–Trinajstić information content (AvgIpc) is 2.66. The molecular weight excluding hydrogens is 342 g/mol. The van der Waals surface area contributed by atoms with Crippen molar-refractivity contribution in [2.75, 3.05) is 5.32 Å². The minimum absolute atomic E-state index is 0.00826. The molecule has 0 spiro atoms. The number of benzene rings is 2. The van der Waals surface area contributed by atoms with E-state index in [0.717, 1.165) is 24.9 Å². The summed E-state index contributed by atoms with van der Waals surface area (Å²) >= 11 is 0. The van der Waals surface area contributed by atoms with Crippen LogP contribution in [0.1, 0.15) is 47.7 Å². The number of fused-ring (bicyclic) bond motifs is 1. The Morgan fingerprint density at radius 3 is 2.70 bits per heavy atom. The van der Waals surface area contributed by atoms with Crippen molar-refractivity contribution in [3.05, 3.63) is 59.2 Å². The van der Waals surface area contributed by atoms with Crippen molar-refractivity contribution in [1.82, 2.24) is 5.43 Å². The molecule has 0 bridgehead atoms. The second-order valence-corrected chi connectivity index (χ2v) is 6.71. The molecule has 0 saturated carbocycles. The number of nitrogens with zero attached hydrogens (tertiary/aromatic N) is 1. The van der Waals surface area contributed by atoms with E-state index in [9.17, 15) is 14.7 Å². The number of aryl methyl sites for hydroxylation is 1. The van der Waals surface area contributed by atoms with Crippen LogP contribution in [0.25, 0.3) is 0 Å². The molecule has 6 heteroatoms. The molecule has 3 N–H and O–H groups in total. The van der Waals surface area contributed by atoms with Crippen LogP contribution < -0.4 is 10.7 Å². The first-order valence-electron chi connectivity index (χ1n) is 9.06. The van der Waals surface area contributed by atoms with Crippen molar-refractivity contribution in [2.24, 2.45) is 5.10 Å². The van der Waals surface area contributed by atoms with Gasteiger partial charge in [0.1, 0.15) is 5.75 Å². The number of anilines is 1. The fourth-order valence-corrected chi connectivity index (χ4v) is 3.22. The first-order chi connectivity index (χ1) is 13.0. The molecule has 1 aliphatic rings. The Morgan fingerprint density at radius 1 is 1.11 bits per heavy atom. The summed E-state index contributed by atoms with van der Waals surface area (Å²) in [6.07, 6.45) is 4.46. The van der Waals surface area contributed by atoms with Gasteiger partial charge in [-0.1, -0.05) is 18.2 Å². The lowest BCUT2D eigenvalue weighted by atomic mass is 9.90. The lowest BCUT2D eigenvalue weighted by Gasteiger charge is -2.19. The van der Waals surface area contributed by atoms with Crippen molar-refractivity contribution < 1.29 is 14.7 Å². The first-order valence-corrected chi connectivity index (χ1v) is 9.06. The summed E-state index contributed by atoms with van der Waals surface area (Å²) in [6.45, 7) is 1.68. The minimum atomic E-state index is -0.442. The van der Waals surface area contributed by atoms with Gasteiger partial charge in [0.2, 0.25) is 5.91 Å². The van der Waals surface area contributed by atoms with Gasteiger partial charge in [-0.3, -0.25) is 9.59 Å². The number of amides is 2. The summed E-state index contributed by atoms with van der Waals surface area (Å²) in [5, 5.41) is 16.4. The average molecular weight is 365 g/mol. The summed E-state index contributed by atoms with van der Waals surface area (Å²) in [7, 11) is 0. The van der Waals surface area contributed by atoms with Crippen LogP contribution >= 0.6 is 0 Å². The molecule has 27 heavy (non-hydrogen) atoms. The highest BCUT2D eigenvalue weighted by Crippen LogP contribution is 2.27. The molecule has 2 aromatic rings. The molecule has 0 saturated heterocycles. The highest BCUT2D eigenvalue weighted by Gasteiger charge is 2.15. The topological polar surface area (TPSA) is 90.8 Å². The summed E-state index contributed by atoms with van der Waals surface area (Å²) in [4.78, 5) is 24.3. The van der Waals surface area contributed by atoms with E-state index in [1.165, 1.54) is 29.7 Å². The Balaban J connectivity index is 1.58. The van der Waals surface area contributed by atoms with Crippen molar-refractivity contribution in [3.8, 4) is 5.75 Å². The van der Waals surface area contributed by atoms with Crippen molar-refractivity contribution in [2.45, 2.75) is 39.0 Å². The predicted octanol–water partition coefficient (Wildman–Crippen LogP) is 3.41. The van der Waals surface area contributed by atoms with Crippen molar-refractivity contribution in [1.29, 1.82) is 0 Å². The van der Waals surface area contributed by atoms with E-state index in [0.29, 0.717) is 11.3 Å². The molecule has 2 amide bonds. The van der Waals surface area contributed by atoms with Gasteiger partial charge in [-0.15, -0.1) is 0 Å². The molecule has 0 aliphatic heterocycles. The van der Waals surface area contributed by atoms with E-state index in [-0.39, 0.29) is 18.1 Å². The van der Waals surface area contributed by atoms with E-state index >= 15 is 0 Å². The molecule has 140 valence electrons. The molecule has 0 radical (unpaired) electrons. The van der Waals surface area contributed by atoms with Gasteiger partial charge in [-0.25, -0.2) is 5.43 Å². The normalized spacial score (nSPS) is 13.6. The van der Waals surface area contributed by atoms with Crippen LogP contribution in [0.3, 0.4) is 0 Å². The maximum atomic E-state index is 12.3. The number of rotatable bonds is 5. The SMILES string of the molecule is C/C(CC(=O)Nc1cccc2c1CCCC2)=N\NC(=O)c1cccc(O)c1. The van der Waals surface area contributed by atoms with Crippen LogP contribution in [0.4, 0.5) is 5.69 Å². The molecule has 0 aromatic heterocycles. The largest absolute Gasteiger partial charge is 0.508 e. The van der Waals surface area contributed by atoms with Gasteiger partial charge in [0.25, 0.3) is 5.91 Å². The summed E-state index contributed by atoms with van der Waals surface area (Å²) in [5.41, 5.74) is 6.60. The lowest BCUT2D eigenvalue weighted by molar-refractivity contribution is -0.115. The second-order valence-electron chi connectivity index (χ2n) is 6.71. The van der Waals surface area contributed by atoms with Gasteiger partial charge in [-0.05, 0) is 68.0 Å². The Hall–Kier alpha value is -3.15. The van der Waals surface area contributed by atoms with Crippen LogP contribution in [-0.2, 0) is 17.6 Å². The Morgan fingerprint density at radius 2 is 1.89 bits per heavy atom. The monoisotopic (exact) mass is 365 g/mol. The van der Waals surface area contributed by atoms with Crippen LogP contribution in [-0.4, -0.2) is 22.6 Å². The number of nitrogens with one attached hydrogen (secondary N) is 2. The van der Waals surface area contributed by atoms with Gasteiger partial charge >= 0.3 is 0 Å². The summed E-state index contributed by atoms with van der Waals surface area (Å²) in [6, 6.07) is 12.0. The number of hydrazone groups is 1. The standard InChI is InChI=1S/C21H23N3O3/c1-14(23-24-21(27)16-8-4-9-17(25)13-16)12-20(26)22-19-11-5-7-15-6-2-3-10-18(15)19/h4-5,7-9,11,13,25H,2-3,6,10,12H2,1H3,(H,22,26)(H,24,27)/b23-14+. The maximum absolute atomic E-state index is 12.3. The van der Waals surface area contributed by atoms with Gasteiger partial charge in [0.15, 0.2) is 0 Å². The fourth-order valence-electron chi connectivity index (χ4n) is 3.22. The van der Waals surface area contributed by atoms with E-state index in [1.54, 1.807) is 19.1 Å². The number of phenolic OH excluding ortho intramolecular Hbond substituents is 1. The van der Waals surface area contributed by atoms with Crippen LogP contribution in [0, 0.1) is 0 Å². The van der Waals surface area contributed by atoms with Crippen molar-refractivity contribution >= 4 is 23.2 Å². The number of carbonyl (C=O) groups excluding carboxylic acids is 2. The highest BCUT2D eigenvalue weighted by molar-refractivity contribution is 6.06. The number of hydrogen-bond acceptors (Lipinski definition) is 4. The zero-order valence-corrected chi connectivity index (χ0v) is 15.3. The van der Waals surface area contributed by atoms with Crippen molar-refractivity contribution in [3.63, 3.8) is 0 Å². The van der Waals surface area contributed by atoms with Crippen LogP contribution in [0.15, 0.2) is 47.6 Å². The molecule has 3 rings (SSSR count). The second kappa shape index (κ2) is 8.49. The molecule has 0 unspecified atom stereocenters. The Kier molecular flexibility index (Phi) is 5.86. The van der Waals surface area contributed by atoms with E-state index in [2.05, 4.69) is 21.9 Å². The maximum Gasteiger partial charge on any atom is 0.271 e. The number of hydrogen-bond donors (Lipinski definition) is 3. The molecule has 0 atom stereocenters. The molecule has 0 fully saturated rings. The third kappa shape index (κ3) is 4.94. The molecule has 0 heterocycles. The highest BCUT2D eigenvalue weighted by atomic mass is 16.3. The van der Waals surface area contributed by atoms with E-state index < -0.39 is 5.91 Å². The zero-order chi connectivity index (χ0) is 19.2. The van der Waals surface area contributed by atoms with Crippen LogP contribution in [0.5, 0.6) is 5.75 Å². The molecule has 1 aliphatic carbocycles. The number of phenols is 1. The number of aromatic hydroxyl groups is 1. The molecular formula is C21H23N3O3. The summed E-state index contributed by atoms with van der Waals surface area (Å²) < 4.78 is 0. The predicted molar refractivity (Wildman–Crippen MR) is 105 cm³/mol. The van der Waals surface area contributed by atoms with Gasteiger partial charge < -0.3 is 10.4 Å². The van der Waals surface area contributed by atoms with Gasteiger partial charge in [0, 0.05) is 17.0 Å². The van der Waals surface area contributed by atoms with Gasteiger partial charge in [0.05, 0.1) is 6.42 Å². The van der Waals surface area contributed by atoms with E-state index in [4.69, 9.17) is 0 Å². The third-order valence-corrected chi connectivity index (χ3v) is 4.54. The summed E-state index contributed by atoms with van der Waals surface area (Å²) in [5.74, 6) is -0.599.